The molecule has 160 valence electrons. The van der Waals surface area contributed by atoms with E-state index in [0.717, 1.165) is 44.9 Å². The number of benzene rings is 1. The molecular formula is C26H39NO2. The van der Waals surface area contributed by atoms with E-state index in [1.165, 1.54) is 50.5 Å². The average molecular weight is 398 g/mol. The zero-order valence-corrected chi connectivity index (χ0v) is 18.5. The Balaban J connectivity index is 1.76. The van der Waals surface area contributed by atoms with E-state index in [0.29, 0.717) is 5.75 Å². The summed E-state index contributed by atoms with van der Waals surface area (Å²) >= 11 is 0. The molecule has 1 aliphatic rings. The fraction of sp³-hybridized carbons (Fsp3) is 0.692. The monoisotopic (exact) mass is 397 g/mol. The zero-order chi connectivity index (χ0) is 21.0. The Morgan fingerprint density at radius 2 is 1.62 bits per heavy atom. The van der Waals surface area contributed by atoms with E-state index in [2.05, 4.69) is 32.0 Å². The Morgan fingerprint density at radius 3 is 2.24 bits per heavy atom. The Morgan fingerprint density at radius 1 is 1.00 bits per heavy atom. The summed E-state index contributed by atoms with van der Waals surface area (Å²) in [7, 11) is 0. The fourth-order valence-electron chi connectivity index (χ4n) is 4.39. The average Bonchev–Trinajstić information content (AvgIpc) is 2.75. The third-order valence-electron chi connectivity index (χ3n) is 6.48. The lowest BCUT2D eigenvalue weighted by molar-refractivity contribution is -0.140. The SMILES string of the molecule is CCCCCCC[C@]1(C#N)CC[C@@H](C(=O)Oc2ccc(CCCCC)cc2)CC1. The van der Waals surface area contributed by atoms with Crippen molar-refractivity contribution in [1.82, 2.24) is 0 Å². The Bertz CT molecular complexity index is 636. The number of esters is 1. The van der Waals surface area contributed by atoms with Gasteiger partial charge in [-0.25, -0.2) is 0 Å². The summed E-state index contributed by atoms with van der Waals surface area (Å²) in [4.78, 5) is 12.6. The molecule has 0 radical (unpaired) electrons. The molecule has 1 saturated carbocycles. The second-order valence-corrected chi connectivity index (χ2v) is 8.85. The summed E-state index contributed by atoms with van der Waals surface area (Å²) in [5.41, 5.74) is 1.08. The summed E-state index contributed by atoms with van der Waals surface area (Å²) < 4.78 is 5.64. The molecule has 0 saturated heterocycles. The van der Waals surface area contributed by atoms with Crippen LogP contribution in [0.1, 0.15) is 103 Å². The largest absolute Gasteiger partial charge is 0.426 e. The summed E-state index contributed by atoms with van der Waals surface area (Å²) in [6, 6.07) is 10.6. The lowest BCUT2D eigenvalue weighted by Gasteiger charge is -2.34. The van der Waals surface area contributed by atoms with Gasteiger partial charge >= 0.3 is 5.97 Å². The number of aryl methyl sites for hydroxylation is 1. The first-order valence-corrected chi connectivity index (χ1v) is 11.8. The number of nitrogens with zero attached hydrogens (tertiary/aromatic N) is 1. The number of hydrogen-bond acceptors (Lipinski definition) is 3. The highest BCUT2D eigenvalue weighted by atomic mass is 16.5. The molecule has 1 aromatic rings. The fourth-order valence-corrected chi connectivity index (χ4v) is 4.39. The van der Waals surface area contributed by atoms with Crippen LogP contribution in [-0.4, -0.2) is 5.97 Å². The Kier molecular flexibility index (Phi) is 10.3. The molecule has 3 nitrogen and oxygen atoms in total. The van der Waals surface area contributed by atoms with Gasteiger partial charge in [-0.3, -0.25) is 4.79 Å². The van der Waals surface area contributed by atoms with Crippen LogP contribution in [0.3, 0.4) is 0 Å². The van der Waals surface area contributed by atoms with E-state index in [-0.39, 0.29) is 17.3 Å². The van der Waals surface area contributed by atoms with Crippen molar-refractivity contribution in [1.29, 1.82) is 5.26 Å². The maximum atomic E-state index is 12.6. The molecule has 1 fully saturated rings. The van der Waals surface area contributed by atoms with E-state index >= 15 is 0 Å². The predicted molar refractivity (Wildman–Crippen MR) is 119 cm³/mol. The van der Waals surface area contributed by atoms with Gasteiger partial charge in [-0.05, 0) is 62.6 Å². The molecule has 2 rings (SSSR count). The number of rotatable bonds is 12. The van der Waals surface area contributed by atoms with Crippen LogP contribution in [0.2, 0.25) is 0 Å². The molecule has 1 aromatic carbocycles. The zero-order valence-electron chi connectivity index (χ0n) is 18.5. The summed E-state index contributed by atoms with van der Waals surface area (Å²) in [6.07, 6.45) is 15.1. The highest BCUT2D eigenvalue weighted by Crippen LogP contribution is 2.42. The first kappa shape index (κ1) is 23.5. The molecule has 3 heteroatoms. The Hall–Kier alpha value is -1.82. The second-order valence-electron chi connectivity index (χ2n) is 8.85. The molecule has 0 heterocycles. The van der Waals surface area contributed by atoms with Gasteiger partial charge in [0.1, 0.15) is 5.75 Å². The standard InChI is InChI=1S/C26H39NO2/c1-3-5-7-8-10-18-26(21-27)19-16-23(17-20-26)25(28)29-24-14-12-22(13-15-24)11-9-6-4-2/h12-15,23H,3-11,16-20H2,1-2H3/t23-,26+. The maximum absolute atomic E-state index is 12.6. The van der Waals surface area contributed by atoms with Crippen molar-refractivity contribution in [2.75, 3.05) is 0 Å². The molecule has 0 amide bonds. The molecule has 0 N–H and O–H groups in total. The molecule has 1 aliphatic carbocycles. The van der Waals surface area contributed by atoms with Crippen LogP contribution in [0, 0.1) is 22.7 Å². The van der Waals surface area contributed by atoms with Crippen molar-refractivity contribution in [2.45, 2.75) is 104 Å². The highest BCUT2D eigenvalue weighted by molar-refractivity contribution is 5.75. The molecule has 0 unspecified atom stereocenters. The van der Waals surface area contributed by atoms with E-state index in [1.54, 1.807) is 0 Å². The van der Waals surface area contributed by atoms with Crippen molar-refractivity contribution in [2.24, 2.45) is 11.3 Å². The summed E-state index contributed by atoms with van der Waals surface area (Å²) in [5.74, 6) is 0.446. The van der Waals surface area contributed by atoms with E-state index in [4.69, 9.17) is 4.74 Å². The van der Waals surface area contributed by atoms with E-state index in [1.807, 2.05) is 12.1 Å². The van der Waals surface area contributed by atoms with Crippen LogP contribution in [0.5, 0.6) is 5.75 Å². The number of unbranched alkanes of at least 4 members (excludes halogenated alkanes) is 6. The van der Waals surface area contributed by atoms with Gasteiger partial charge in [0.2, 0.25) is 0 Å². The maximum Gasteiger partial charge on any atom is 0.314 e. The minimum atomic E-state index is -0.219. The van der Waals surface area contributed by atoms with Crippen LogP contribution in [0.4, 0.5) is 0 Å². The van der Waals surface area contributed by atoms with Gasteiger partial charge in [-0.2, -0.15) is 5.26 Å². The van der Waals surface area contributed by atoms with Crippen LogP contribution in [0.25, 0.3) is 0 Å². The molecular weight excluding hydrogens is 358 g/mol. The van der Waals surface area contributed by atoms with E-state index in [9.17, 15) is 10.1 Å². The highest BCUT2D eigenvalue weighted by Gasteiger charge is 2.37. The van der Waals surface area contributed by atoms with Gasteiger partial charge in [0, 0.05) is 0 Å². The van der Waals surface area contributed by atoms with Gasteiger partial charge in [-0.15, -0.1) is 0 Å². The quantitative estimate of drug-likeness (QED) is 0.210. The normalized spacial score (nSPS) is 21.5. The van der Waals surface area contributed by atoms with Crippen molar-refractivity contribution in [3.05, 3.63) is 29.8 Å². The smallest absolute Gasteiger partial charge is 0.314 e. The molecule has 0 atom stereocenters. The third-order valence-corrected chi connectivity index (χ3v) is 6.48. The number of ether oxygens (including phenoxy) is 1. The van der Waals surface area contributed by atoms with Crippen LogP contribution < -0.4 is 4.74 Å². The molecule has 0 spiro atoms. The minimum Gasteiger partial charge on any atom is -0.426 e. The Labute approximate surface area is 177 Å². The predicted octanol–water partition coefficient (Wildman–Crippen LogP) is 7.39. The lowest BCUT2D eigenvalue weighted by Crippen LogP contribution is -2.31. The second kappa shape index (κ2) is 12.7. The molecule has 0 aromatic heterocycles. The van der Waals surface area contributed by atoms with Crippen molar-refractivity contribution in [3.63, 3.8) is 0 Å². The molecule has 0 aliphatic heterocycles. The van der Waals surface area contributed by atoms with E-state index < -0.39 is 0 Å². The van der Waals surface area contributed by atoms with Crippen molar-refractivity contribution >= 4 is 5.97 Å². The van der Waals surface area contributed by atoms with Gasteiger partial charge < -0.3 is 4.74 Å². The number of carbonyl (C=O) groups is 1. The van der Waals surface area contributed by atoms with Gasteiger partial charge in [0.15, 0.2) is 0 Å². The number of hydrogen-bond donors (Lipinski definition) is 0. The number of carbonyl (C=O) groups excluding carboxylic acids is 1. The van der Waals surface area contributed by atoms with Crippen molar-refractivity contribution in [3.8, 4) is 11.8 Å². The van der Waals surface area contributed by atoms with Gasteiger partial charge in [-0.1, -0.05) is 70.9 Å². The minimum absolute atomic E-state index is 0.0687. The summed E-state index contributed by atoms with van der Waals surface area (Å²) in [5, 5.41) is 9.74. The number of nitriles is 1. The van der Waals surface area contributed by atoms with Gasteiger partial charge in [0.25, 0.3) is 0 Å². The first-order chi connectivity index (χ1) is 14.1. The molecule has 0 bridgehead atoms. The lowest BCUT2D eigenvalue weighted by atomic mass is 9.69. The summed E-state index contributed by atoms with van der Waals surface area (Å²) in [6.45, 7) is 4.43. The van der Waals surface area contributed by atoms with Crippen LogP contribution >= 0.6 is 0 Å². The van der Waals surface area contributed by atoms with Crippen LogP contribution in [-0.2, 0) is 11.2 Å². The third kappa shape index (κ3) is 7.84. The molecule has 29 heavy (non-hydrogen) atoms. The van der Waals surface area contributed by atoms with Crippen molar-refractivity contribution < 1.29 is 9.53 Å². The van der Waals surface area contributed by atoms with Gasteiger partial charge in [0.05, 0.1) is 17.4 Å². The first-order valence-electron chi connectivity index (χ1n) is 11.8. The van der Waals surface area contributed by atoms with Crippen LogP contribution in [0.15, 0.2) is 24.3 Å². The topological polar surface area (TPSA) is 50.1 Å².